The van der Waals surface area contributed by atoms with Crippen LogP contribution in [0.15, 0.2) is 86.1 Å². The molecule has 1 aliphatic rings. The van der Waals surface area contributed by atoms with Crippen LogP contribution in [0.1, 0.15) is 31.2 Å². The lowest BCUT2D eigenvalue weighted by atomic mass is 9.96. The number of hydrogen-bond donors (Lipinski definition) is 0. The molecule has 7 nitrogen and oxygen atoms in total. The molecule has 1 atom stereocenters. The maximum absolute atomic E-state index is 13.7. The number of carbonyl (C=O) groups excluding carboxylic acids is 1. The first-order valence-corrected chi connectivity index (χ1v) is 12.8. The molecule has 0 radical (unpaired) electrons. The zero-order valence-electron chi connectivity index (χ0n) is 20.4. The molecular formula is C28H23ClN2O5S. The number of nitrogens with zero attached hydrogens (tertiary/aromatic N) is 2. The number of halogens is 1. The molecular weight excluding hydrogens is 512 g/mol. The van der Waals surface area contributed by atoms with E-state index in [1.807, 2.05) is 36.4 Å². The lowest BCUT2D eigenvalue weighted by molar-refractivity contribution is -0.139. The number of allylic oxidation sites excluding steroid dienone is 1. The Hall–Kier alpha value is -3.88. The van der Waals surface area contributed by atoms with Crippen molar-refractivity contribution < 1.29 is 18.7 Å². The lowest BCUT2D eigenvalue weighted by Gasteiger charge is -2.24. The summed E-state index contributed by atoms with van der Waals surface area (Å²) < 4.78 is 18.6. The Labute approximate surface area is 221 Å². The van der Waals surface area contributed by atoms with Crippen LogP contribution in [0.4, 0.5) is 0 Å². The molecule has 0 saturated heterocycles. The molecule has 0 amide bonds. The van der Waals surface area contributed by atoms with Crippen molar-refractivity contribution in [3.63, 3.8) is 0 Å². The van der Waals surface area contributed by atoms with Gasteiger partial charge >= 0.3 is 5.97 Å². The Kier molecular flexibility index (Phi) is 6.86. The smallest absolute Gasteiger partial charge is 0.338 e. The number of thiazole rings is 1. The van der Waals surface area contributed by atoms with E-state index in [0.29, 0.717) is 42.9 Å². The van der Waals surface area contributed by atoms with Gasteiger partial charge in [0, 0.05) is 16.7 Å². The third-order valence-corrected chi connectivity index (χ3v) is 7.18. The Morgan fingerprint density at radius 3 is 2.68 bits per heavy atom. The topological polar surface area (TPSA) is 83.0 Å². The summed E-state index contributed by atoms with van der Waals surface area (Å²) in [7, 11) is 1.58. The average molecular weight is 535 g/mol. The van der Waals surface area contributed by atoms with Crippen molar-refractivity contribution in [2.45, 2.75) is 19.9 Å². The molecule has 0 unspecified atom stereocenters. The second-order valence-corrected chi connectivity index (χ2v) is 9.73. The molecule has 4 aromatic rings. The van der Waals surface area contributed by atoms with Crippen LogP contribution in [-0.4, -0.2) is 24.3 Å². The summed E-state index contributed by atoms with van der Waals surface area (Å²) in [4.78, 5) is 31.8. The molecule has 2 aromatic heterocycles. The van der Waals surface area contributed by atoms with Crippen molar-refractivity contribution in [3.05, 3.63) is 108 Å². The number of benzene rings is 2. The zero-order valence-corrected chi connectivity index (χ0v) is 21.9. The van der Waals surface area contributed by atoms with Crippen LogP contribution in [0.25, 0.3) is 17.4 Å². The first kappa shape index (κ1) is 24.8. The summed E-state index contributed by atoms with van der Waals surface area (Å²) in [6.07, 6.45) is 1.69. The van der Waals surface area contributed by atoms with Crippen molar-refractivity contribution in [3.8, 4) is 17.1 Å². The fourth-order valence-electron chi connectivity index (χ4n) is 4.25. The number of hydrogen-bond acceptors (Lipinski definition) is 7. The standard InChI is InChI=1S/C28H23ClN2O5S/c1-4-35-27(33)24-16(2)30-28-31(25(24)17-8-10-20(34-3)11-9-17)26(32)23(37-28)15-21-12-13-22(36-21)18-6-5-7-19(29)14-18/h5-15,25H,4H2,1-3H3/b23-15-/t25-/m0/s1. The minimum Gasteiger partial charge on any atom is -0.497 e. The average Bonchev–Trinajstić information content (AvgIpc) is 3.48. The van der Waals surface area contributed by atoms with Gasteiger partial charge in [-0.2, -0.15) is 0 Å². The maximum Gasteiger partial charge on any atom is 0.338 e. The fourth-order valence-corrected chi connectivity index (χ4v) is 5.47. The number of carbonyl (C=O) groups is 1. The summed E-state index contributed by atoms with van der Waals surface area (Å²) in [6, 6.07) is 17.5. The van der Waals surface area contributed by atoms with Crippen LogP contribution in [0.2, 0.25) is 5.02 Å². The zero-order chi connectivity index (χ0) is 26.1. The van der Waals surface area contributed by atoms with Gasteiger partial charge in [0.05, 0.1) is 35.6 Å². The van der Waals surface area contributed by atoms with Gasteiger partial charge in [-0.25, -0.2) is 9.79 Å². The molecule has 0 bridgehead atoms. The molecule has 37 heavy (non-hydrogen) atoms. The summed E-state index contributed by atoms with van der Waals surface area (Å²) in [5.41, 5.74) is 2.13. The largest absolute Gasteiger partial charge is 0.497 e. The SMILES string of the molecule is CCOC(=O)C1=C(C)N=c2s/c(=C\c3ccc(-c4cccc(Cl)c4)o3)c(=O)n2[C@H]1c1ccc(OC)cc1. The first-order chi connectivity index (χ1) is 17.9. The normalized spacial score (nSPS) is 15.4. The highest BCUT2D eigenvalue weighted by molar-refractivity contribution is 7.07. The van der Waals surface area contributed by atoms with E-state index in [1.54, 1.807) is 55.9 Å². The lowest BCUT2D eigenvalue weighted by Crippen LogP contribution is -2.39. The number of methoxy groups -OCH3 is 1. The molecule has 3 heterocycles. The van der Waals surface area contributed by atoms with Crippen LogP contribution < -0.4 is 19.6 Å². The van der Waals surface area contributed by atoms with E-state index in [2.05, 4.69) is 4.99 Å². The molecule has 0 N–H and O–H groups in total. The van der Waals surface area contributed by atoms with Gasteiger partial charge in [0.1, 0.15) is 17.3 Å². The molecule has 9 heteroatoms. The summed E-state index contributed by atoms with van der Waals surface area (Å²) in [5, 5.41) is 0.607. The van der Waals surface area contributed by atoms with E-state index in [4.69, 9.17) is 25.5 Å². The first-order valence-electron chi connectivity index (χ1n) is 11.6. The quantitative estimate of drug-likeness (QED) is 0.334. The van der Waals surface area contributed by atoms with Gasteiger partial charge in [-0.3, -0.25) is 9.36 Å². The van der Waals surface area contributed by atoms with Gasteiger partial charge in [-0.05, 0) is 55.8 Å². The minimum atomic E-state index is -0.693. The van der Waals surface area contributed by atoms with Gasteiger partial charge in [0.15, 0.2) is 4.80 Å². The number of fused-ring (bicyclic) bond motifs is 1. The number of aromatic nitrogens is 1. The highest BCUT2D eigenvalue weighted by Crippen LogP contribution is 2.31. The van der Waals surface area contributed by atoms with Crippen LogP contribution in [-0.2, 0) is 9.53 Å². The molecule has 188 valence electrons. The van der Waals surface area contributed by atoms with E-state index < -0.39 is 12.0 Å². The maximum atomic E-state index is 13.7. The van der Waals surface area contributed by atoms with E-state index in [0.717, 1.165) is 11.1 Å². The Morgan fingerprint density at radius 1 is 1.19 bits per heavy atom. The molecule has 0 fully saturated rings. The number of furan rings is 1. The van der Waals surface area contributed by atoms with Crippen molar-refractivity contribution in [2.24, 2.45) is 4.99 Å². The highest BCUT2D eigenvalue weighted by Gasteiger charge is 2.33. The second kappa shape index (κ2) is 10.2. The predicted octanol–water partition coefficient (Wildman–Crippen LogP) is 4.72. The van der Waals surface area contributed by atoms with Gasteiger partial charge < -0.3 is 13.9 Å². The Morgan fingerprint density at radius 2 is 1.97 bits per heavy atom. The van der Waals surface area contributed by atoms with Gasteiger partial charge in [0.25, 0.3) is 5.56 Å². The van der Waals surface area contributed by atoms with E-state index in [-0.39, 0.29) is 12.2 Å². The summed E-state index contributed by atoms with van der Waals surface area (Å²) in [6.45, 7) is 3.71. The molecule has 2 aromatic carbocycles. The van der Waals surface area contributed by atoms with Crippen LogP contribution in [0.5, 0.6) is 5.75 Å². The van der Waals surface area contributed by atoms with E-state index in [1.165, 1.54) is 11.3 Å². The van der Waals surface area contributed by atoms with Crippen LogP contribution >= 0.6 is 22.9 Å². The molecule has 5 rings (SSSR count). The Bertz CT molecular complexity index is 1700. The Balaban J connectivity index is 1.63. The van der Waals surface area contributed by atoms with Crippen molar-refractivity contribution >= 4 is 35.0 Å². The van der Waals surface area contributed by atoms with E-state index in [9.17, 15) is 9.59 Å². The van der Waals surface area contributed by atoms with Gasteiger partial charge in [-0.1, -0.05) is 47.2 Å². The van der Waals surface area contributed by atoms with Gasteiger partial charge in [-0.15, -0.1) is 0 Å². The van der Waals surface area contributed by atoms with Crippen molar-refractivity contribution in [2.75, 3.05) is 13.7 Å². The number of ether oxygens (including phenoxy) is 2. The third-order valence-electron chi connectivity index (χ3n) is 5.96. The monoisotopic (exact) mass is 534 g/mol. The summed E-state index contributed by atoms with van der Waals surface area (Å²) in [5.74, 6) is 1.32. The highest BCUT2D eigenvalue weighted by atomic mass is 35.5. The third kappa shape index (κ3) is 4.77. The predicted molar refractivity (Wildman–Crippen MR) is 143 cm³/mol. The second-order valence-electron chi connectivity index (χ2n) is 8.29. The molecule has 0 saturated carbocycles. The molecule has 1 aliphatic heterocycles. The molecule has 0 spiro atoms. The fraction of sp³-hybridized carbons (Fsp3) is 0.179. The minimum absolute atomic E-state index is 0.211. The summed E-state index contributed by atoms with van der Waals surface area (Å²) >= 11 is 7.35. The van der Waals surface area contributed by atoms with Crippen molar-refractivity contribution in [1.82, 2.24) is 4.57 Å². The number of esters is 1. The van der Waals surface area contributed by atoms with E-state index >= 15 is 0 Å². The molecule has 0 aliphatic carbocycles. The van der Waals surface area contributed by atoms with Crippen LogP contribution in [0, 0.1) is 0 Å². The van der Waals surface area contributed by atoms with Crippen molar-refractivity contribution in [1.29, 1.82) is 0 Å². The van der Waals surface area contributed by atoms with Gasteiger partial charge in [0.2, 0.25) is 0 Å². The van der Waals surface area contributed by atoms with Crippen LogP contribution in [0.3, 0.4) is 0 Å². The number of rotatable bonds is 6.